The van der Waals surface area contributed by atoms with Crippen molar-refractivity contribution in [2.45, 2.75) is 19.6 Å². The second-order valence-corrected chi connectivity index (χ2v) is 5.69. The average Bonchev–Trinajstić information content (AvgIpc) is 3.09. The van der Waals surface area contributed by atoms with Crippen molar-refractivity contribution in [3.05, 3.63) is 24.4 Å². The Labute approximate surface area is 134 Å². The Morgan fingerprint density at radius 2 is 2.39 bits per heavy atom. The van der Waals surface area contributed by atoms with E-state index in [1.165, 1.54) is 6.33 Å². The van der Waals surface area contributed by atoms with E-state index in [0.717, 1.165) is 12.2 Å². The van der Waals surface area contributed by atoms with Gasteiger partial charge in [0.15, 0.2) is 0 Å². The first kappa shape index (κ1) is 15.6. The predicted molar refractivity (Wildman–Crippen MR) is 82.8 cm³/mol. The van der Waals surface area contributed by atoms with Gasteiger partial charge in [-0.05, 0) is 6.92 Å². The number of morpholine rings is 1. The predicted octanol–water partition coefficient (Wildman–Crippen LogP) is -0.340. The maximum Gasteiger partial charge on any atom is 0.239 e. The summed E-state index contributed by atoms with van der Waals surface area (Å²) in [5, 5.41) is 11.2. The number of hydrogen-bond acceptors (Lipinski definition) is 6. The lowest BCUT2D eigenvalue weighted by Crippen LogP contribution is -2.47. The zero-order chi connectivity index (χ0) is 16.2. The van der Waals surface area contributed by atoms with Crippen LogP contribution in [0.1, 0.15) is 5.69 Å². The average molecular weight is 319 g/mol. The lowest BCUT2D eigenvalue weighted by molar-refractivity contribution is -0.119. The normalized spacial score (nSPS) is 19.0. The number of nitrogens with one attached hydrogen (secondary N) is 1. The third-order valence-corrected chi connectivity index (χ3v) is 3.72. The Hall–Kier alpha value is -2.26. The lowest BCUT2D eigenvalue weighted by Gasteiger charge is -2.32. The van der Waals surface area contributed by atoms with Gasteiger partial charge >= 0.3 is 0 Å². The van der Waals surface area contributed by atoms with Crippen LogP contribution in [-0.4, -0.2) is 67.7 Å². The van der Waals surface area contributed by atoms with E-state index < -0.39 is 0 Å². The zero-order valence-corrected chi connectivity index (χ0v) is 13.3. The molecule has 23 heavy (non-hydrogen) atoms. The van der Waals surface area contributed by atoms with Crippen molar-refractivity contribution in [2.75, 3.05) is 31.6 Å². The maximum atomic E-state index is 12.2. The summed E-state index contributed by atoms with van der Waals surface area (Å²) in [5.74, 6) is 0.661. The fourth-order valence-electron chi connectivity index (χ4n) is 2.68. The van der Waals surface area contributed by atoms with Crippen molar-refractivity contribution in [2.24, 2.45) is 7.05 Å². The van der Waals surface area contributed by atoms with Gasteiger partial charge in [-0.3, -0.25) is 19.1 Å². The van der Waals surface area contributed by atoms with Crippen LogP contribution in [0.15, 0.2) is 18.7 Å². The number of nitrogens with zero attached hydrogens (tertiary/aromatic N) is 6. The minimum Gasteiger partial charge on any atom is -0.374 e. The molecule has 1 aliphatic heterocycles. The van der Waals surface area contributed by atoms with E-state index in [1.54, 1.807) is 15.7 Å². The van der Waals surface area contributed by atoms with E-state index in [2.05, 4.69) is 25.4 Å². The molecule has 3 heterocycles. The number of hydrogen-bond donors (Lipinski definition) is 1. The standard InChI is InChI=1S/C14H21N7O2/c1-11-5-13(19(2)18-11)17-14(22)8-20-3-4-23-12(6-20)7-21-10-15-9-16-21/h5,9-10,12H,3-4,6-8H2,1-2H3,(H,17,22)/t12-/m1/s1. The molecule has 0 radical (unpaired) electrons. The molecule has 2 aromatic heterocycles. The Kier molecular flexibility index (Phi) is 4.68. The SMILES string of the molecule is Cc1cc(NC(=O)CN2CCO[C@@H](Cn3cncn3)C2)n(C)n1. The number of rotatable bonds is 5. The molecule has 1 fully saturated rings. The molecule has 1 aliphatic rings. The topological polar surface area (TPSA) is 90.1 Å². The van der Waals surface area contributed by atoms with Crippen LogP contribution < -0.4 is 5.32 Å². The van der Waals surface area contributed by atoms with Crippen molar-refractivity contribution in [3.8, 4) is 0 Å². The van der Waals surface area contributed by atoms with Crippen molar-refractivity contribution in [3.63, 3.8) is 0 Å². The Morgan fingerprint density at radius 3 is 3.09 bits per heavy atom. The first-order valence-corrected chi connectivity index (χ1v) is 7.57. The van der Waals surface area contributed by atoms with E-state index in [-0.39, 0.29) is 12.0 Å². The van der Waals surface area contributed by atoms with Crippen LogP contribution in [0, 0.1) is 6.92 Å². The van der Waals surface area contributed by atoms with Gasteiger partial charge in [0.2, 0.25) is 5.91 Å². The third-order valence-electron chi connectivity index (χ3n) is 3.72. The van der Waals surface area contributed by atoms with Crippen molar-refractivity contribution >= 4 is 11.7 Å². The van der Waals surface area contributed by atoms with Gasteiger partial charge in [0.05, 0.1) is 31.5 Å². The van der Waals surface area contributed by atoms with Crippen molar-refractivity contribution < 1.29 is 9.53 Å². The van der Waals surface area contributed by atoms with Gasteiger partial charge in [-0.2, -0.15) is 10.2 Å². The molecule has 0 aromatic carbocycles. The summed E-state index contributed by atoms with van der Waals surface area (Å²) >= 11 is 0. The highest BCUT2D eigenvalue weighted by atomic mass is 16.5. The van der Waals surface area contributed by atoms with Gasteiger partial charge in [-0.25, -0.2) is 4.98 Å². The van der Waals surface area contributed by atoms with Crippen LogP contribution in [0.25, 0.3) is 0 Å². The number of aromatic nitrogens is 5. The smallest absolute Gasteiger partial charge is 0.239 e. The van der Waals surface area contributed by atoms with Crippen molar-refractivity contribution in [1.29, 1.82) is 0 Å². The molecule has 0 bridgehead atoms. The molecule has 0 unspecified atom stereocenters. The fraction of sp³-hybridized carbons (Fsp3) is 0.571. The monoisotopic (exact) mass is 319 g/mol. The summed E-state index contributed by atoms with van der Waals surface area (Å²) in [5.41, 5.74) is 0.877. The zero-order valence-electron chi connectivity index (χ0n) is 13.3. The molecule has 9 heteroatoms. The summed E-state index contributed by atoms with van der Waals surface area (Å²) in [7, 11) is 1.81. The van der Waals surface area contributed by atoms with Crippen LogP contribution in [0.4, 0.5) is 5.82 Å². The van der Waals surface area contributed by atoms with Crippen LogP contribution in [0.5, 0.6) is 0 Å². The van der Waals surface area contributed by atoms with Gasteiger partial charge in [0, 0.05) is 26.2 Å². The number of carbonyl (C=O) groups is 1. The van der Waals surface area contributed by atoms with E-state index in [4.69, 9.17) is 4.74 Å². The quantitative estimate of drug-likeness (QED) is 0.811. The van der Waals surface area contributed by atoms with Gasteiger partial charge in [0.25, 0.3) is 0 Å². The van der Waals surface area contributed by atoms with Gasteiger partial charge in [-0.1, -0.05) is 0 Å². The largest absolute Gasteiger partial charge is 0.374 e. The van der Waals surface area contributed by atoms with Gasteiger partial charge in [-0.15, -0.1) is 0 Å². The highest BCUT2D eigenvalue weighted by Gasteiger charge is 2.23. The molecule has 1 atom stereocenters. The van der Waals surface area contributed by atoms with Crippen LogP contribution in [0.3, 0.4) is 0 Å². The number of amides is 1. The number of aryl methyl sites for hydroxylation is 2. The number of carbonyl (C=O) groups excluding carboxylic acids is 1. The Bertz CT molecular complexity index is 652. The number of ether oxygens (including phenoxy) is 1. The molecule has 9 nitrogen and oxygen atoms in total. The molecular weight excluding hydrogens is 298 g/mol. The second-order valence-electron chi connectivity index (χ2n) is 5.69. The summed E-state index contributed by atoms with van der Waals surface area (Å²) in [4.78, 5) is 18.2. The van der Waals surface area contributed by atoms with Gasteiger partial charge in [0.1, 0.15) is 18.5 Å². The summed E-state index contributed by atoms with van der Waals surface area (Å²) in [6.07, 6.45) is 3.18. The van der Waals surface area contributed by atoms with E-state index in [1.807, 2.05) is 20.0 Å². The Morgan fingerprint density at radius 1 is 1.52 bits per heavy atom. The molecule has 1 saturated heterocycles. The molecule has 0 aliphatic carbocycles. The molecule has 1 N–H and O–H groups in total. The van der Waals surface area contributed by atoms with Crippen molar-refractivity contribution in [1.82, 2.24) is 29.4 Å². The summed E-state index contributed by atoms with van der Waals surface area (Å²) in [6, 6.07) is 1.85. The minimum absolute atomic E-state index is 0.0113. The Balaban J connectivity index is 1.50. The molecule has 0 spiro atoms. The maximum absolute atomic E-state index is 12.2. The highest BCUT2D eigenvalue weighted by molar-refractivity contribution is 5.91. The third kappa shape index (κ3) is 4.14. The van der Waals surface area contributed by atoms with Crippen LogP contribution in [-0.2, 0) is 23.1 Å². The molecule has 0 saturated carbocycles. The summed E-state index contributed by atoms with van der Waals surface area (Å²) in [6.45, 7) is 4.91. The van der Waals surface area contributed by atoms with E-state index in [9.17, 15) is 4.79 Å². The molecule has 2 aromatic rings. The van der Waals surface area contributed by atoms with E-state index in [0.29, 0.717) is 32.1 Å². The molecular formula is C14H21N7O2. The van der Waals surface area contributed by atoms with Crippen LogP contribution >= 0.6 is 0 Å². The first-order chi connectivity index (χ1) is 11.1. The fourth-order valence-corrected chi connectivity index (χ4v) is 2.68. The molecule has 124 valence electrons. The minimum atomic E-state index is -0.0468. The van der Waals surface area contributed by atoms with Crippen LogP contribution in [0.2, 0.25) is 0 Å². The lowest BCUT2D eigenvalue weighted by atomic mass is 10.2. The molecule has 3 rings (SSSR count). The highest BCUT2D eigenvalue weighted by Crippen LogP contribution is 2.10. The van der Waals surface area contributed by atoms with Gasteiger partial charge < -0.3 is 10.1 Å². The summed E-state index contributed by atoms with van der Waals surface area (Å²) < 4.78 is 9.14. The van der Waals surface area contributed by atoms with E-state index >= 15 is 0 Å². The number of anilines is 1. The first-order valence-electron chi connectivity index (χ1n) is 7.57. The second kappa shape index (κ2) is 6.88. The molecule has 1 amide bonds.